The molecule has 2 heterocycles. The number of nitrogens with one attached hydrogen (secondary N) is 1. The van der Waals surface area contributed by atoms with Crippen molar-refractivity contribution in [3.8, 4) is 11.1 Å². The van der Waals surface area contributed by atoms with E-state index in [0.29, 0.717) is 22.2 Å². The van der Waals surface area contributed by atoms with Crippen LogP contribution in [0.5, 0.6) is 0 Å². The lowest BCUT2D eigenvalue weighted by Gasteiger charge is -2.17. The van der Waals surface area contributed by atoms with Gasteiger partial charge in [0.2, 0.25) is 0 Å². The quantitative estimate of drug-likeness (QED) is 0.537. The van der Waals surface area contributed by atoms with Crippen molar-refractivity contribution < 1.29 is 9.18 Å². The Labute approximate surface area is 153 Å². The predicted molar refractivity (Wildman–Crippen MR) is 99.8 cm³/mol. The topological polar surface area (TPSA) is 61.9 Å². The number of amides is 1. The maximum Gasteiger partial charge on any atom is 0.257 e. The minimum Gasteiger partial charge on any atom is -0.345 e. The number of pyridine rings is 1. The lowest BCUT2D eigenvalue weighted by molar-refractivity contribution is 0.0828. The highest BCUT2D eigenvalue weighted by molar-refractivity contribution is 6.34. The first-order chi connectivity index (χ1) is 12.5. The predicted octanol–water partition coefficient (Wildman–Crippen LogP) is 4.27. The molecule has 2 aromatic heterocycles. The molecule has 130 valence electrons. The molecule has 0 fully saturated rings. The normalized spacial score (nSPS) is 11.2. The van der Waals surface area contributed by atoms with Crippen LogP contribution in [-0.4, -0.2) is 40.1 Å². The third-order valence-corrected chi connectivity index (χ3v) is 4.53. The number of hydrogen-bond acceptors (Lipinski definition) is 3. The Morgan fingerprint density at radius 3 is 2.62 bits per heavy atom. The van der Waals surface area contributed by atoms with Crippen molar-refractivity contribution in [2.24, 2.45) is 0 Å². The van der Waals surface area contributed by atoms with Gasteiger partial charge in [-0.25, -0.2) is 9.37 Å². The monoisotopic (exact) mass is 368 g/mol. The van der Waals surface area contributed by atoms with Gasteiger partial charge in [0.05, 0.1) is 22.8 Å². The van der Waals surface area contributed by atoms with Crippen LogP contribution in [0.3, 0.4) is 0 Å². The molecule has 4 aromatic rings. The maximum absolute atomic E-state index is 13.4. The van der Waals surface area contributed by atoms with Gasteiger partial charge in [0.1, 0.15) is 11.0 Å². The van der Waals surface area contributed by atoms with E-state index in [1.54, 1.807) is 32.4 Å². The Bertz CT molecular complexity index is 1150. The van der Waals surface area contributed by atoms with Gasteiger partial charge >= 0.3 is 0 Å². The summed E-state index contributed by atoms with van der Waals surface area (Å²) >= 11 is 6.40. The summed E-state index contributed by atoms with van der Waals surface area (Å²) in [6.07, 6.45) is 1.70. The van der Waals surface area contributed by atoms with Crippen molar-refractivity contribution in [3.63, 3.8) is 0 Å². The van der Waals surface area contributed by atoms with Crippen molar-refractivity contribution in [3.05, 3.63) is 59.1 Å². The molecule has 5 nitrogen and oxygen atoms in total. The molecular weight excluding hydrogens is 355 g/mol. The largest absolute Gasteiger partial charge is 0.345 e. The van der Waals surface area contributed by atoms with Crippen LogP contribution in [0.4, 0.5) is 4.39 Å². The number of fused-ring (bicyclic) bond motifs is 2. The lowest BCUT2D eigenvalue weighted by Crippen LogP contribution is -2.23. The molecule has 2 aromatic carbocycles. The zero-order chi connectivity index (χ0) is 18.4. The molecule has 7 heteroatoms. The number of halogens is 2. The van der Waals surface area contributed by atoms with Gasteiger partial charge in [-0.3, -0.25) is 9.89 Å². The molecule has 26 heavy (non-hydrogen) atoms. The Balaban J connectivity index is 2.15. The molecule has 4 rings (SSSR count). The van der Waals surface area contributed by atoms with Crippen molar-refractivity contribution in [1.82, 2.24) is 20.1 Å². The average molecular weight is 369 g/mol. The van der Waals surface area contributed by atoms with Gasteiger partial charge in [-0.1, -0.05) is 23.7 Å². The van der Waals surface area contributed by atoms with Crippen LogP contribution < -0.4 is 0 Å². The smallest absolute Gasteiger partial charge is 0.257 e. The van der Waals surface area contributed by atoms with Crippen molar-refractivity contribution >= 4 is 39.3 Å². The van der Waals surface area contributed by atoms with E-state index in [1.807, 2.05) is 12.1 Å². The van der Waals surface area contributed by atoms with Crippen LogP contribution in [0.2, 0.25) is 5.15 Å². The summed E-state index contributed by atoms with van der Waals surface area (Å²) in [7, 11) is 3.30. The molecule has 0 unspecified atom stereocenters. The number of aromatic nitrogens is 3. The molecule has 0 saturated carbocycles. The molecule has 1 N–H and O–H groups in total. The first-order valence-electron chi connectivity index (χ1n) is 7.89. The zero-order valence-corrected chi connectivity index (χ0v) is 14.8. The summed E-state index contributed by atoms with van der Waals surface area (Å²) in [6.45, 7) is 0. The van der Waals surface area contributed by atoms with Crippen LogP contribution in [0.1, 0.15) is 10.4 Å². The Kier molecular flexibility index (Phi) is 3.85. The van der Waals surface area contributed by atoms with Crippen molar-refractivity contribution in [2.45, 2.75) is 0 Å². The van der Waals surface area contributed by atoms with Crippen LogP contribution in [0.25, 0.3) is 32.9 Å². The zero-order valence-electron chi connectivity index (χ0n) is 14.0. The fourth-order valence-electron chi connectivity index (χ4n) is 3.01. The fraction of sp³-hybridized carbons (Fsp3) is 0.105. The number of carbonyl (C=O) groups is 1. The Hall–Kier alpha value is -2.99. The number of H-pyrrole nitrogens is 1. The SMILES string of the molecule is CN(C)C(=O)c1c(Cl)nc2cc3[nH]ncc3cc2c1-c1ccc(F)cc1. The van der Waals surface area contributed by atoms with Crippen molar-refractivity contribution in [1.29, 1.82) is 0 Å². The Morgan fingerprint density at radius 1 is 1.19 bits per heavy atom. The highest BCUT2D eigenvalue weighted by atomic mass is 35.5. The van der Waals surface area contributed by atoms with E-state index in [9.17, 15) is 9.18 Å². The van der Waals surface area contributed by atoms with Crippen LogP contribution in [0.15, 0.2) is 42.6 Å². The summed E-state index contributed by atoms with van der Waals surface area (Å²) in [6, 6.07) is 9.72. The Morgan fingerprint density at radius 2 is 1.92 bits per heavy atom. The number of benzene rings is 2. The maximum atomic E-state index is 13.4. The van der Waals surface area contributed by atoms with E-state index in [2.05, 4.69) is 15.2 Å². The molecule has 0 atom stereocenters. The van der Waals surface area contributed by atoms with Gasteiger partial charge in [-0.2, -0.15) is 5.10 Å². The van der Waals surface area contributed by atoms with Crippen LogP contribution in [0, 0.1) is 5.82 Å². The number of nitrogens with zero attached hydrogens (tertiary/aromatic N) is 3. The highest BCUT2D eigenvalue weighted by Crippen LogP contribution is 2.37. The molecule has 0 bridgehead atoms. The van der Waals surface area contributed by atoms with Gasteiger partial charge in [-0.05, 0) is 29.8 Å². The van der Waals surface area contributed by atoms with Crippen molar-refractivity contribution in [2.75, 3.05) is 14.1 Å². The molecule has 0 aliphatic carbocycles. The number of aromatic amines is 1. The fourth-order valence-corrected chi connectivity index (χ4v) is 3.27. The molecule has 0 aliphatic rings. The van der Waals surface area contributed by atoms with Crippen LogP contribution >= 0.6 is 11.6 Å². The second-order valence-corrected chi connectivity index (χ2v) is 6.54. The summed E-state index contributed by atoms with van der Waals surface area (Å²) in [4.78, 5) is 18.6. The van der Waals surface area contributed by atoms with Crippen LogP contribution in [-0.2, 0) is 0 Å². The van der Waals surface area contributed by atoms with E-state index in [1.165, 1.54) is 17.0 Å². The van der Waals surface area contributed by atoms with E-state index < -0.39 is 0 Å². The minimum absolute atomic E-state index is 0.106. The third kappa shape index (κ3) is 2.59. The molecule has 1 amide bonds. The van der Waals surface area contributed by atoms with Gasteiger partial charge in [0.25, 0.3) is 5.91 Å². The molecule has 0 aliphatic heterocycles. The average Bonchev–Trinajstić information content (AvgIpc) is 3.06. The second-order valence-electron chi connectivity index (χ2n) is 6.19. The van der Waals surface area contributed by atoms with Gasteiger partial charge in [-0.15, -0.1) is 0 Å². The highest BCUT2D eigenvalue weighted by Gasteiger charge is 2.23. The van der Waals surface area contributed by atoms with Gasteiger partial charge in [0, 0.05) is 30.4 Å². The number of rotatable bonds is 2. The summed E-state index contributed by atoms with van der Waals surface area (Å²) in [5.74, 6) is -0.619. The third-order valence-electron chi connectivity index (χ3n) is 4.25. The van der Waals surface area contributed by atoms with E-state index in [4.69, 9.17) is 11.6 Å². The number of hydrogen-bond donors (Lipinski definition) is 1. The standard InChI is InChI=1S/C19H14ClFN4O/c1-25(2)19(26)17-16(10-3-5-12(21)6-4-10)13-7-11-9-22-24-14(11)8-15(13)23-18(17)20/h3-9H,1-2H3,(H,22,24). The summed E-state index contributed by atoms with van der Waals surface area (Å²) < 4.78 is 13.4. The minimum atomic E-state index is -0.351. The van der Waals surface area contributed by atoms with E-state index in [-0.39, 0.29) is 16.9 Å². The molecule has 0 saturated heterocycles. The number of carbonyl (C=O) groups excluding carboxylic acids is 1. The molecule has 0 spiro atoms. The van der Waals surface area contributed by atoms with Gasteiger partial charge in [0.15, 0.2) is 0 Å². The summed E-state index contributed by atoms with van der Waals surface area (Å²) in [5, 5.41) is 8.67. The van der Waals surface area contributed by atoms with Gasteiger partial charge < -0.3 is 4.90 Å². The molecular formula is C19H14ClFN4O. The second kappa shape index (κ2) is 6.07. The first kappa shape index (κ1) is 16.5. The molecule has 0 radical (unpaired) electrons. The lowest BCUT2D eigenvalue weighted by atomic mass is 9.95. The summed E-state index contributed by atoms with van der Waals surface area (Å²) in [5.41, 5.74) is 3.05. The first-order valence-corrected chi connectivity index (χ1v) is 8.27. The van der Waals surface area contributed by atoms with E-state index >= 15 is 0 Å². The van der Waals surface area contributed by atoms with E-state index in [0.717, 1.165) is 16.3 Å².